The van der Waals surface area contributed by atoms with Crippen LogP contribution >= 0.6 is 12.4 Å². The van der Waals surface area contributed by atoms with Gasteiger partial charge in [-0.2, -0.15) is 0 Å². The van der Waals surface area contributed by atoms with Crippen molar-refractivity contribution in [2.75, 3.05) is 72.8 Å². The number of nitrogens with zero attached hydrogens (tertiary/aromatic N) is 4. The van der Waals surface area contributed by atoms with E-state index in [2.05, 4.69) is 89.6 Å². The van der Waals surface area contributed by atoms with Crippen LogP contribution in [-0.2, 0) is 0 Å². The highest BCUT2D eigenvalue weighted by molar-refractivity contribution is 5.95. The van der Waals surface area contributed by atoms with Gasteiger partial charge in [0.2, 0.25) is 0 Å². The van der Waals surface area contributed by atoms with Crippen molar-refractivity contribution in [3.63, 3.8) is 0 Å². The average molecular weight is 441 g/mol. The lowest BCUT2D eigenvalue weighted by molar-refractivity contribution is 0.653. The zero-order valence-corrected chi connectivity index (χ0v) is 18.3. The Bertz CT molecular complexity index is 840. The minimum Gasteiger partial charge on any atom is -0.368 e. The van der Waals surface area contributed by atoms with E-state index in [4.69, 9.17) is 0 Å². The molecule has 0 amide bonds. The molecule has 164 valence electrons. The molecule has 2 aromatic rings. The number of piperazine rings is 1. The molecule has 2 aromatic carbocycles. The molecular formula is C22H29ClN8. The number of anilines is 4. The molecule has 3 heterocycles. The minimum atomic E-state index is 0. The number of hydrogen-bond donors (Lipinski definition) is 4. The first-order valence-electron chi connectivity index (χ1n) is 10.6. The summed E-state index contributed by atoms with van der Waals surface area (Å²) < 4.78 is 0. The monoisotopic (exact) mass is 440 g/mol. The molecule has 0 radical (unpaired) electrons. The summed E-state index contributed by atoms with van der Waals surface area (Å²) in [6.07, 6.45) is 0. The lowest BCUT2D eigenvalue weighted by atomic mass is 10.2. The Morgan fingerprint density at radius 2 is 1.00 bits per heavy atom. The lowest BCUT2D eigenvalue weighted by Gasteiger charge is -2.37. The van der Waals surface area contributed by atoms with Gasteiger partial charge < -0.3 is 31.1 Å². The van der Waals surface area contributed by atoms with Gasteiger partial charge in [-0.1, -0.05) is 0 Å². The van der Waals surface area contributed by atoms with E-state index >= 15 is 0 Å². The van der Waals surface area contributed by atoms with Crippen LogP contribution in [0.2, 0.25) is 0 Å². The van der Waals surface area contributed by atoms with Gasteiger partial charge in [0.05, 0.1) is 13.1 Å². The Kier molecular flexibility index (Phi) is 6.66. The van der Waals surface area contributed by atoms with Crippen LogP contribution < -0.4 is 31.1 Å². The third-order valence-electron chi connectivity index (χ3n) is 5.62. The van der Waals surface area contributed by atoms with E-state index in [0.29, 0.717) is 0 Å². The molecule has 1 fully saturated rings. The average Bonchev–Trinajstić information content (AvgIpc) is 3.50. The first-order chi connectivity index (χ1) is 14.8. The van der Waals surface area contributed by atoms with Gasteiger partial charge in [0.15, 0.2) is 11.9 Å². The molecule has 31 heavy (non-hydrogen) atoms. The second-order valence-corrected chi connectivity index (χ2v) is 7.63. The molecule has 0 saturated carbocycles. The Morgan fingerprint density at radius 3 is 1.32 bits per heavy atom. The quantitative estimate of drug-likeness (QED) is 0.583. The van der Waals surface area contributed by atoms with Crippen LogP contribution in [0.3, 0.4) is 0 Å². The highest BCUT2D eigenvalue weighted by atomic mass is 35.5. The first-order valence-corrected chi connectivity index (χ1v) is 10.6. The fourth-order valence-corrected chi connectivity index (χ4v) is 3.97. The smallest absolute Gasteiger partial charge is 0.195 e. The summed E-state index contributed by atoms with van der Waals surface area (Å²) in [6.45, 7) is 7.58. The standard InChI is InChI=1S/C22H28N8.ClH/c1-5-19(6-2-17(1)27-21-23-9-10-24-21)29-13-15-30(16-14-29)20-7-3-18(4-8-20)28-22-25-11-12-26-22;/h1-8H,9-16H2,(H2,23,24,27)(H2,25,26,28);1H. The van der Waals surface area contributed by atoms with Crippen molar-refractivity contribution in [2.24, 2.45) is 9.98 Å². The summed E-state index contributed by atoms with van der Waals surface area (Å²) in [5, 5.41) is 13.1. The maximum Gasteiger partial charge on any atom is 0.195 e. The molecule has 5 rings (SSSR count). The summed E-state index contributed by atoms with van der Waals surface area (Å²) in [5.41, 5.74) is 4.67. The van der Waals surface area contributed by atoms with Gasteiger partial charge in [-0.15, -0.1) is 12.4 Å². The van der Waals surface area contributed by atoms with E-state index < -0.39 is 0 Å². The van der Waals surface area contributed by atoms with Crippen molar-refractivity contribution in [3.05, 3.63) is 48.5 Å². The normalized spacial score (nSPS) is 17.8. The second kappa shape index (κ2) is 9.78. The van der Waals surface area contributed by atoms with Crippen molar-refractivity contribution in [2.45, 2.75) is 0 Å². The van der Waals surface area contributed by atoms with Crippen LogP contribution in [-0.4, -0.2) is 64.3 Å². The van der Waals surface area contributed by atoms with Crippen molar-refractivity contribution in [3.8, 4) is 0 Å². The van der Waals surface area contributed by atoms with Gasteiger partial charge in [-0.25, -0.2) is 0 Å². The zero-order chi connectivity index (χ0) is 20.2. The molecule has 0 unspecified atom stereocenters. The predicted octanol–water partition coefficient (Wildman–Crippen LogP) is 2.18. The van der Waals surface area contributed by atoms with E-state index in [9.17, 15) is 0 Å². The maximum atomic E-state index is 4.38. The van der Waals surface area contributed by atoms with Crippen molar-refractivity contribution < 1.29 is 0 Å². The van der Waals surface area contributed by atoms with Gasteiger partial charge in [-0.05, 0) is 48.5 Å². The largest absolute Gasteiger partial charge is 0.368 e. The van der Waals surface area contributed by atoms with Crippen LogP contribution in [0.4, 0.5) is 22.7 Å². The fourth-order valence-electron chi connectivity index (χ4n) is 3.97. The molecule has 0 spiro atoms. The number of rotatable bonds is 4. The number of aliphatic imine (C=N–C) groups is 2. The first kappa shape index (κ1) is 21.1. The fraction of sp³-hybridized carbons (Fsp3) is 0.364. The third-order valence-corrected chi connectivity index (χ3v) is 5.62. The molecule has 0 bridgehead atoms. The van der Waals surface area contributed by atoms with E-state index in [0.717, 1.165) is 75.7 Å². The van der Waals surface area contributed by atoms with Crippen LogP contribution in [0.25, 0.3) is 0 Å². The number of halogens is 1. The molecule has 4 N–H and O–H groups in total. The Morgan fingerprint density at radius 1 is 0.613 bits per heavy atom. The van der Waals surface area contributed by atoms with E-state index in [1.54, 1.807) is 0 Å². The molecule has 3 aliphatic rings. The topological polar surface area (TPSA) is 79.3 Å². The SMILES string of the molecule is Cl.c1cc(N2CCN(c3ccc(NC4=NCCN4)cc3)CC2)ccc1NC1=NCCN1. The summed E-state index contributed by atoms with van der Waals surface area (Å²) in [7, 11) is 0. The Labute approximate surface area is 189 Å². The number of nitrogens with one attached hydrogen (secondary N) is 4. The number of hydrogen-bond acceptors (Lipinski definition) is 8. The molecule has 0 atom stereocenters. The van der Waals surface area contributed by atoms with Crippen molar-refractivity contribution >= 4 is 47.1 Å². The van der Waals surface area contributed by atoms with Crippen LogP contribution in [0.15, 0.2) is 58.5 Å². The van der Waals surface area contributed by atoms with Gasteiger partial charge in [0.25, 0.3) is 0 Å². The van der Waals surface area contributed by atoms with Crippen LogP contribution in [0.5, 0.6) is 0 Å². The lowest BCUT2D eigenvalue weighted by Crippen LogP contribution is -2.46. The highest BCUT2D eigenvalue weighted by Gasteiger charge is 2.18. The highest BCUT2D eigenvalue weighted by Crippen LogP contribution is 2.23. The van der Waals surface area contributed by atoms with Gasteiger partial charge in [0, 0.05) is 62.0 Å². The molecule has 8 nitrogen and oxygen atoms in total. The van der Waals surface area contributed by atoms with E-state index in [1.165, 1.54) is 11.4 Å². The second-order valence-electron chi connectivity index (χ2n) is 7.63. The Balaban J connectivity index is 0.00000231. The van der Waals surface area contributed by atoms with E-state index in [1.807, 2.05) is 0 Å². The van der Waals surface area contributed by atoms with Crippen LogP contribution in [0.1, 0.15) is 0 Å². The summed E-state index contributed by atoms with van der Waals surface area (Å²) in [6, 6.07) is 17.3. The van der Waals surface area contributed by atoms with Gasteiger partial charge in [0.1, 0.15) is 0 Å². The summed E-state index contributed by atoms with van der Waals surface area (Å²) in [4.78, 5) is 13.7. The zero-order valence-electron chi connectivity index (χ0n) is 17.5. The maximum absolute atomic E-state index is 4.38. The predicted molar refractivity (Wildman–Crippen MR) is 132 cm³/mol. The molecule has 0 aliphatic carbocycles. The number of guanidine groups is 2. The minimum absolute atomic E-state index is 0. The van der Waals surface area contributed by atoms with Gasteiger partial charge in [-0.3, -0.25) is 9.98 Å². The molecule has 3 aliphatic heterocycles. The number of benzene rings is 2. The van der Waals surface area contributed by atoms with Crippen molar-refractivity contribution in [1.29, 1.82) is 0 Å². The Hall–Kier alpha value is -3.13. The molecular weight excluding hydrogens is 412 g/mol. The molecule has 1 saturated heterocycles. The summed E-state index contributed by atoms with van der Waals surface area (Å²) in [5.74, 6) is 1.73. The van der Waals surface area contributed by atoms with E-state index in [-0.39, 0.29) is 12.4 Å². The van der Waals surface area contributed by atoms with Crippen LogP contribution in [0, 0.1) is 0 Å². The summed E-state index contributed by atoms with van der Waals surface area (Å²) >= 11 is 0. The third kappa shape index (κ3) is 5.14. The molecule has 9 heteroatoms. The molecule has 0 aromatic heterocycles. The van der Waals surface area contributed by atoms with Gasteiger partial charge >= 0.3 is 0 Å². The van der Waals surface area contributed by atoms with Crippen molar-refractivity contribution in [1.82, 2.24) is 10.6 Å².